The molecule has 0 bridgehead atoms. The fraction of sp³-hybridized carbons (Fsp3) is 0.333. The van der Waals surface area contributed by atoms with Crippen LogP contribution >= 0.6 is 0 Å². The molecule has 1 aliphatic carbocycles. The normalized spacial score (nSPS) is 13.9. The molecule has 1 heterocycles. The first-order valence-corrected chi connectivity index (χ1v) is 4.29. The first-order valence-electron chi connectivity index (χ1n) is 4.29. The summed E-state index contributed by atoms with van der Waals surface area (Å²) in [6.07, 6.45) is 6.06. The van der Waals surface area contributed by atoms with Crippen molar-refractivity contribution in [2.45, 2.75) is 19.8 Å². The van der Waals surface area contributed by atoms with E-state index in [-0.39, 0.29) is 5.91 Å². The van der Waals surface area contributed by atoms with Gasteiger partial charge in [0.05, 0.1) is 5.69 Å². The van der Waals surface area contributed by atoms with Crippen molar-refractivity contribution in [3.05, 3.63) is 17.5 Å². The summed E-state index contributed by atoms with van der Waals surface area (Å²) >= 11 is 0. The third kappa shape index (κ3) is 1.61. The van der Waals surface area contributed by atoms with Gasteiger partial charge >= 0.3 is 0 Å². The number of rotatable bonds is 1. The molecule has 0 radical (unpaired) electrons. The van der Waals surface area contributed by atoms with Crippen LogP contribution in [-0.4, -0.2) is 15.9 Å². The number of hydrogen-bond acceptors (Lipinski definition) is 2. The van der Waals surface area contributed by atoms with Crippen molar-refractivity contribution in [3.63, 3.8) is 0 Å². The van der Waals surface area contributed by atoms with Gasteiger partial charge < -0.3 is 4.98 Å². The van der Waals surface area contributed by atoms with E-state index in [0.717, 1.165) is 24.2 Å². The molecule has 0 aromatic carbocycles. The number of carbonyl (C=O) groups excluding carboxylic acids is 1. The highest BCUT2D eigenvalue weighted by Crippen LogP contribution is 2.18. The Morgan fingerprint density at radius 1 is 1.69 bits per heavy atom. The molecule has 1 aliphatic rings. The van der Waals surface area contributed by atoms with E-state index in [9.17, 15) is 4.79 Å². The highest BCUT2D eigenvalue weighted by Gasteiger charge is 2.10. The van der Waals surface area contributed by atoms with E-state index < -0.39 is 0 Å². The number of aromatic amines is 1. The molecule has 0 unspecified atom stereocenters. The molecule has 0 fully saturated rings. The summed E-state index contributed by atoms with van der Waals surface area (Å²) < 4.78 is 0. The van der Waals surface area contributed by atoms with Gasteiger partial charge in [-0.15, -0.1) is 0 Å². The van der Waals surface area contributed by atoms with Gasteiger partial charge in [0.15, 0.2) is 0 Å². The lowest BCUT2D eigenvalue weighted by atomic mass is 10.1. The van der Waals surface area contributed by atoms with Crippen LogP contribution in [0.2, 0.25) is 0 Å². The number of nitrogens with zero attached hydrogens (tertiary/aromatic N) is 1. The Labute approximate surface area is 76.1 Å². The second-order valence-corrected chi connectivity index (χ2v) is 3.07. The van der Waals surface area contributed by atoms with Crippen LogP contribution in [0.5, 0.6) is 0 Å². The lowest BCUT2D eigenvalue weighted by Gasteiger charge is -2.00. The first-order chi connectivity index (χ1) is 6.25. The summed E-state index contributed by atoms with van der Waals surface area (Å²) in [5.41, 5.74) is 2.04. The summed E-state index contributed by atoms with van der Waals surface area (Å²) in [5.74, 6) is 0.444. The maximum absolute atomic E-state index is 10.7. The zero-order valence-corrected chi connectivity index (χ0v) is 7.42. The molecule has 2 N–H and O–H groups in total. The van der Waals surface area contributed by atoms with Crippen molar-refractivity contribution in [2.24, 2.45) is 0 Å². The van der Waals surface area contributed by atoms with Crippen LogP contribution in [0.25, 0.3) is 6.08 Å². The molecule has 0 atom stereocenters. The molecule has 68 valence electrons. The highest BCUT2D eigenvalue weighted by atomic mass is 16.1. The summed E-state index contributed by atoms with van der Waals surface area (Å²) in [7, 11) is 0. The monoisotopic (exact) mass is 177 g/mol. The van der Waals surface area contributed by atoms with E-state index in [1.165, 1.54) is 6.92 Å². The zero-order valence-electron chi connectivity index (χ0n) is 7.42. The number of H-pyrrole nitrogens is 1. The minimum atomic E-state index is -0.102. The number of imidazole rings is 1. The maximum Gasteiger partial charge on any atom is 0.223 e. The van der Waals surface area contributed by atoms with Gasteiger partial charge in [0.2, 0.25) is 11.9 Å². The van der Waals surface area contributed by atoms with Crippen molar-refractivity contribution >= 4 is 17.9 Å². The molecule has 4 heteroatoms. The van der Waals surface area contributed by atoms with Gasteiger partial charge in [0.1, 0.15) is 0 Å². The van der Waals surface area contributed by atoms with Gasteiger partial charge in [0, 0.05) is 12.6 Å². The van der Waals surface area contributed by atoms with Crippen molar-refractivity contribution in [1.82, 2.24) is 9.97 Å². The first kappa shape index (κ1) is 8.04. The summed E-state index contributed by atoms with van der Waals surface area (Å²) in [5, 5.41) is 2.62. The van der Waals surface area contributed by atoms with Gasteiger partial charge in [-0.2, -0.15) is 0 Å². The van der Waals surface area contributed by atoms with Crippen LogP contribution in [0.15, 0.2) is 6.08 Å². The Morgan fingerprint density at radius 3 is 3.23 bits per heavy atom. The number of allylic oxidation sites excluding steroid dienone is 1. The molecule has 13 heavy (non-hydrogen) atoms. The number of nitrogens with one attached hydrogen (secondary N) is 2. The molecule has 0 spiro atoms. The summed E-state index contributed by atoms with van der Waals surface area (Å²) in [6.45, 7) is 1.47. The zero-order chi connectivity index (χ0) is 9.26. The SMILES string of the molecule is CC(=O)Nc1nc2c([nH]1)CCC=C2. The predicted molar refractivity (Wildman–Crippen MR) is 50.2 cm³/mol. The van der Waals surface area contributed by atoms with E-state index in [1.807, 2.05) is 6.08 Å². The van der Waals surface area contributed by atoms with E-state index in [1.54, 1.807) is 0 Å². The van der Waals surface area contributed by atoms with Gasteiger partial charge in [0.25, 0.3) is 0 Å². The van der Waals surface area contributed by atoms with Crippen LogP contribution in [0.3, 0.4) is 0 Å². The number of hydrogen-bond donors (Lipinski definition) is 2. The van der Waals surface area contributed by atoms with E-state index in [2.05, 4.69) is 21.4 Å². The fourth-order valence-electron chi connectivity index (χ4n) is 1.40. The van der Waals surface area contributed by atoms with Crippen LogP contribution < -0.4 is 5.32 Å². The van der Waals surface area contributed by atoms with Gasteiger partial charge in [-0.05, 0) is 18.9 Å². The molecule has 4 nitrogen and oxygen atoms in total. The molecule has 1 aromatic heterocycles. The topological polar surface area (TPSA) is 57.8 Å². The van der Waals surface area contributed by atoms with Gasteiger partial charge in [-0.3, -0.25) is 10.1 Å². The summed E-state index contributed by atoms with van der Waals surface area (Å²) in [4.78, 5) is 18.0. The Balaban J connectivity index is 2.26. The minimum absolute atomic E-state index is 0.102. The molecule has 2 rings (SSSR count). The standard InChI is InChI=1S/C9H11N3O/c1-6(13)10-9-11-7-4-2-3-5-8(7)12-9/h2,4H,3,5H2,1H3,(H2,10,11,12,13). The number of aromatic nitrogens is 2. The van der Waals surface area contributed by atoms with Gasteiger partial charge in [-0.25, -0.2) is 4.98 Å². The predicted octanol–water partition coefficient (Wildman–Crippen LogP) is 1.33. The van der Waals surface area contributed by atoms with E-state index >= 15 is 0 Å². The average Bonchev–Trinajstić information content (AvgIpc) is 2.44. The van der Waals surface area contributed by atoms with Crippen molar-refractivity contribution < 1.29 is 4.79 Å². The molecule has 0 aliphatic heterocycles. The maximum atomic E-state index is 10.7. The molecule has 1 amide bonds. The summed E-state index contributed by atoms with van der Waals surface area (Å²) in [6, 6.07) is 0. The molecule has 0 saturated carbocycles. The number of aryl methyl sites for hydroxylation is 1. The second-order valence-electron chi connectivity index (χ2n) is 3.07. The smallest absolute Gasteiger partial charge is 0.223 e. The van der Waals surface area contributed by atoms with Crippen molar-refractivity contribution in [3.8, 4) is 0 Å². The third-order valence-corrected chi connectivity index (χ3v) is 1.94. The largest absolute Gasteiger partial charge is 0.327 e. The van der Waals surface area contributed by atoms with Gasteiger partial charge in [-0.1, -0.05) is 6.08 Å². The Bertz CT molecular complexity index is 365. The van der Waals surface area contributed by atoms with E-state index in [4.69, 9.17) is 0 Å². The lowest BCUT2D eigenvalue weighted by Crippen LogP contribution is -2.07. The lowest BCUT2D eigenvalue weighted by molar-refractivity contribution is -0.114. The Kier molecular flexibility index (Phi) is 1.88. The highest BCUT2D eigenvalue weighted by molar-refractivity contribution is 5.86. The average molecular weight is 177 g/mol. The second kappa shape index (κ2) is 3.05. The van der Waals surface area contributed by atoms with E-state index in [0.29, 0.717) is 5.95 Å². The fourth-order valence-corrected chi connectivity index (χ4v) is 1.40. The molecule has 1 aromatic rings. The van der Waals surface area contributed by atoms with Crippen LogP contribution in [0, 0.1) is 0 Å². The Morgan fingerprint density at radius 2 is 2.54 bits per heavy atom. The van der Waals surface area contributed by atoms with Crippen LogP contribution in [0.1, 0.15) is 24.7 Å². The number of fused-ring (bicyclic) bond motifs is 1. The molecular formula is C9H11N3O. The molecular weight excluding hydrogens is 166 g/mol. The minimum Gasteiger partial charge on any atom is -0.327 e. The quantitative estimate of drug-likeness (QED) is 0.679. The number of anilines is 1. The van der Waals surface area contributed by atoms with Crippen molar-refractivity contribution in [2.75, 3.05) is 5.32 Å². The number of amides is 1. The third-order valence-electron chi connectivity index (χ3n) is 1.94. The van der Waals surface area contributed by atoms with Crippen molar-refractivity contribution in [1.29, 1.82) is 0 Å². The van der Waals surface area contributed by atoms with Crippen LogP contribution in [-0.2, 0) is 11.2 Å². The number of carbonyl (C=O) groups is 1. The molecule has 0 saturated heterocycles. The van der Waals surface area contributed by atoms with Crippen LogP contribution in [0.4, 0.5) is 5.95 Å². The Hall–Kier alpha value is -1.58.